The van der Waals surface area contributed by atoms with Gasteiger partial charge in [-0.1, -0.05) is 50.7 Å². The molecule has 0 aromatic carbocycles. The van der Waals surface area contributed by atoms with E-state index in [-0.39, 0.29) is 6.10 Å². The normalized spacial score (nSPS) is 21.3. The van der Waals surface area contributed by atoms with Crippen LogP contribution in [0.25, 0.3) is 0 Å². The minimum atomic E-state index is -0.134. The Morgan fingerprint density at radius 2 is 1.93 bits per heavy atom. The maximum absolute atomic E-state index is 9.30. The van der Waals surface area contributed by atoms with E-state index in [9.17, 15) is 5.11 Å². The van der Waals surface area contributed by atoms with Crippen molar-refractivity contribution in [1.82, 2.24) is 0 Å². The minimum absolute atomic E-state index is 0.134. The molecule has 1 aliphatic rings. The lowest BCUT2D eigenvalue weighted by molar-refractivity contribution is 0.223. The molecule has 1 rings (SSSR count). The second kappa shape index (κ2) is 7.05. The summed E-state index contributed by atoms with van der Waals surface area (Å²) in [5, 5.41) is 9.30. The van der Waals surface area contributed by atoms with E-state index in [0.717, 1.165) is 12.8 Å². The van der Waals surface area contributed by atoms with Gasteiger partial charge in [-0.2, -0.15) is 0 Å². The fourth-order valence-electron chi connectivity index (χ4n) is 2.11. The first-order valence-corrected chi connectivity index (χ1v) is 6.20. The molecular weight excluding hydrogens is 172 g/mol. The lowest BCUT2D eigenvalue weighted by Gasteiger charge is -2.01. The van der Waals surface area contributed by atoms with Crippen LogP contribution in [0.2, 0.25) is 0 Å². The van der Waals surface area contributed by atoms with Crippen LogP contribution in [0.1, 0.15) is 64.7 Å². The van der Waals surface area contributed by atoms with Gasteiger partial charge in [0.1, 0.15) is 0 Å². The second-order valence-electron chi connectivity index (χ2n) is 4.45. The van der Waals surface area contributed by atoms with Gasteiger partial charge in [-0.25, -0.2) is 0 Å². The zero-order valence-corrected chi connectivity index (χ0v) is 9.47. The number of hydrogen-bond donors (Lipinski definition) is 1. The quantitative estimate of drug-likeness (QED) is 0.485. The van der Waals surface area contributed by atoms with Gasteiger partial charge in [0, 0.05) is 0 Å². The molecule has 0 saturated carbocycles. The summed E-state index contributed by atoms with van der Waals surface area (Å²) in [6.45, 7) is 2.25. The first-order chi connectivity index (χ1) is 6.83. The van der Waals surface area contributed by atoms with Crippen molar-refractivity contribution in [2.24, 2.45) is 0 Å². The Hall–Kier alpha value is -0.300. The molecule has 0 aromatic rings. The molecule has 0 fully saturated rings. The van der Waals surface area contributed by atoms with E-state index in [4.69, 9.17) is 0 Å². The predicted octanol–water partition coefficient (Wildman–Crippen LogP) is 3.82. The standard InChI is InChI=1S/C13H24O/c1-2-3-4-5-6-7-8-12-9-10-13(14)11-12/h11,13-14H,2-10H2,1H3. The van der Waals surface area contributed by atoms with Crippen molar-refractivity contribution in [2.45, 2.75) is 70.8 Å². The fraction of sp³-hybridized carbons (Fsp3) is 0.846. The van der Waals surface area contributed by atoms with Gasteiger partial charge in [-0.3, -0.25) is 0 Å². The molecule has 1 atom stereocenters. The second-order valence-corrected chi connectivity index (χ2v) is 4.45. The van der Waals surface area contributed by atoms with E-state index in [1.165, 1.54) is 50.5 Å². The first-order valence-electron chi connectivity index (χ1n) is 6.20. The Morgan fingerprint density at radius 3 is 2.57 bits per heavy atom. The molecule has 82 valence electrons. The highest BCUT2D eigenvalue weighted by atomic mass is 16.3. The third-order valence-electron chi connectivity index (χ3n) is 3.04. The molecule has 1 unspecified atom stereocenters. The predicted molar refractivity (Wildman–Crippen MR) is 61.3 cm³/mol. The Labute approximate surface area is 88.2 Å². The van der Waals surface area contributed by atoms with Crippen molar-refractivity contribution in [3.8, 4) is 0 Å². The zero-order chi connectivity index (χ0) is 10.2. The fourth-order valence-corrected chi connectivity index (χ4v) is 2.11. The molecule has 0 radical (unpaired) electrons. The molecule has 0 bridgehead atoms. The Morgan fingerprint density at radius 1 is 1.21 bits per heavy atom. The Kier molecular flexibility index (Phi) is 5.93. The van der Waals surface area contributed by atoms with Crippen molar-refractivity contribution in [3.05, 3.63) is 11.6 Å². The number of aliphatic hydroxyl groups excluding tert-OH is 1. The Balaban J connectivity index is 1.91. The molecule has 0 saturated heterocycles. The van der Waals surface area contributed by atoms with Gasteiger partial charge in [0.15, 0.2) is 0 Å². The van der Waals surface area contributed by atoms with E-state index >= 15 is 0 Å². The minimum Gasteiger partial charge on any atom is -0.389 e. The molecular formula is C13H24O. The van der Waals surface area contributed by atoms with Crippen molar-refractivity contribution in [1.29, 1.82) is 0 Å². The zero-order valence-electron chi connectivity index (χ0n) is 9.47. The van der Waals surface area contributed by atoms with E-state index < -0.39 is 0 Å². The van der Waals surface area contributed by atoms with Crippen molar-refractivity contribution >= 4 is 0 Å². The highest BCUT2D eigenvalue weighted by Gasteiger charge is 2.11. The van der Waals surface area contributed by atoms with Gasteiger partial charge < -0.3 is 5.11 Å². The van der Waals surface area contributed by atoms with Gasteiger partial charge >= 0.3 is 0 Å². The van der Waals surface area contributed by atoms with Crippen LogP contribution in [0, 0.1) is 0 Å². The van der Waals surface area contributed by atoms with Crippen LogP contribution in [-0.2, 0) is 0 Å². The van der Waals surface area contributed by atoms with E-state index in [2.05, 4.69) is 13.0 Å². The number of rotatable bonds is 7. The number of allylic oxidation sites excluding steroid dienone is 1. The molecule has 1 aliphatic carbocycles. The van der Waals surface area contributed by atoms with Crippen LogP contribution >= 0.6 is 0 Å². The number of unbranched alkanes of at least 4 members (excludes halogenated alkanes) is 5. The summed E-state index contributed by atoms with van der Waals surface area (Å²) in [6.07, 6.45) is 13.5. The number of aliphatic hydroxyl groups is 1. The largest absolute Gasteiger partial charge is 0.389 e. The molecule has 14 heavy (non-hydrogen) atoms. The first kappa shape index (κ1) is 11.8. The summed E-state index contributed by atoms with van der Waals surface area (Å²) >= 11 is 0. The third kappa shape index (κ3) is 4.80. The van der Waals surface area contributed by atoms with Crippen molar-refractivity contribution in [2.75, 3.05) is 0 Å². The molecule has 0 heterocycles. The summed E-state index contributed by atoms with van der Waals surface area (Å²) in [5.41, 5.74) is 1.49. The van der Waals surface area contributed by atoms with Crippen LogP contribution in [0.3, 0.4) is 0 Å². The summed E-state index contributed by atoms with van der Waals surface area (Å²) in [6, 6.07) is 0. The lowest BCUT2D eigenvalue weighted by atomic mass is 10.1. The smallest absolute Gasteiger partial charge is 0.0726 e. The third-order valence-corrected chi connectivity index (χ3v) is 3.04. The molecule has 1 heteroatoms. The highest BCUT2D eigenvalue weighted by Crippen LogP contribution is 2.23. The average Bonchev–Trinajstić information content (AvgIpc) is 2.58. The summed E-state index contributed by atoms with van der Waals surface area (Å²) in [4.78, 5) is 0. The molecule has 1 N–H and O–H groups in total. The van der Waals surface area contributed by atoms with Crippen LogP contribution < -0.4 is 0 Å². The lowest BCUT2D eigenvalue weighted by Crippen LogP contribution is -1.93. The van der Waals surface area contributed by atoms with Crippen molar-refractivity contribution < 1.29 is 5.11 Å². The van der Waals surface area contributed by atoms with Crippen LogP contribution in [0.5, 0.6) is 0 Å². The molecule has 0 amide bonds. The average molecular weight is 196 g/mol. The summed E-state index contributed by atoms with van der Waals surface area (Å²) < 4.78 is 0. The molecule has 0 aliphatic heterocycles. The van der Waals surface area contributed by atoms with Gasteiger partial charge in [0.25, 0.3) is 0 Å². The van der Waals surface area contributed by atoms with Gasteiger partial charge in [-0.15, -0.1) is 0 Å². The van der Waals surface area contributed by atoms with Gasteiger partial charge in [0.2, 0.25) is 0 Å². The molecule has 0 spiro atoms. The molecule has 0 aromatic heterocycles. The topological polar surface area (TPSA) is 20.2 Å². The summed E-state index contributed by atoms with van der Waals surface area (Å²) in [7, 11) is 0. The van der Waals surface area contributed by atoms with E-state index in [1.54, 1.807) is 0 Å². The SMILES string of the molecule is CCCCCCCCC1=CC(O)CC1. The summed E-state index contributed by atoms with van der Waals surface area (Å²) in [5.74, 6) is 0. The van der Waals surface area contributed by atoms with Crippen LogP contribution in [0.15, 0.2) is 11.6 Å². The van der Waals surface area contributed by atoms with E-state index in [1.807, 2.05) is 0 Å². The maximum Gasteiger partial charge on any atom is 0.0726 e. The van der Waals surface area contributed by atoms with Crippen molar-refractivity contribution in [3.63, 3.8) is 0 Å². The monoisotopic (exact) mass is 196 g/mol. The van der Waals surface area contributed by atoms with Crippen LogP contribution in [-0.4, -0.2) is 11.2 Å². The van der Waals surface area contributed by atoms with E-state index in [0.29, 0.717) is 0 Å². The van der Waals surface area contributed by atoms with Gasteiger partial charge in [0.05, 0.1) is 6.10 Å². The molecule has 1 nitrogen and oxygen atoms in total. The maximum atomic E-state index is 9.30. The van der Waals surface area contributed by atoms with Gasteiger partial charge in [-0.05, 0) is 25.7 Å². The number of hydrogen-bond acceptors (Lipinski definition) is 1. The van der Waals surface area contributed by atoms with Crippen LogP contribution in [0.4, 0.5) is 0 Å². The highest BCUT2D eigenvalue weighted by molar-refractivity contribution is 5.11. The Bertz CT molecular complexity index is 172.